The van der Waals surface area contributed by atoms with Crippen LogP contribution in [0.15, 0.2) is 77.2 Å². The molecule has 0 aliphatic heterocycles. The van der Waals surface area contributed by atoms with E-state index in [0.717, 1.165) is 28.0 Å². The zero-order chi connectivity index (χ0) is 18.8. The summed E-state index contributed by atoms with van der Waals surface area (Å²) in [5, 5.41) is 13.4. The van der Waals surface area contributed by atoms with E-state index in [1.807, 2.05) is 30.3 Å². The molecule has 0 unspecified atom stereocenters. The normalized spacial score (nSPS) is 11.3. The Kier molecular flexibility index (Phi) is 4.18. The first-order valence-electron chi connectivity index (χ1n) is 8.34. The molecular formula is C22H15NO4. The number of carboxylic acids is 1. The van der Waals surface area contributed by atoms with Crippen molar-refractivity contribution in [2.75, 3.05) is 5.32 Å². The van der Waals surface area contributed by atoms with Crippen molar-refractivity contribution in [3.8, 4) is 0 Å². The van der Waals surface area contributed by atoms with Crippen LogP contribution in [0.2, 0.25) is 0 Å². The SMILES string of the molecule is O=C(O)/C=C/c1cccc(NC(=O)c2ccc3oc4ccccc4c3c2)c1. The largest absolute Gasteiger partial charge is 0.478 e. The molecule has 132 valence electrons. The number of nitrogens with one attached hydrogen (secondary N) is 1. The molecule has 2 N–H and O–H groups in total. The van der Waals surface area contributed by atoms with Gasteiger partial charge in [-0.1, -0.05) is 30.3 Å². The highest BCUT2D eigenvalue weighted by atomic mass is 16.4. The third-order valence-corrected chi connectivity index (χ3v) is 4.20. The van der Waals surface area contributed by atoms with Crippen LogP contribution in [-0.2, 0) is 4.79 Å². The quantitative estimate of drug-likeness (QED) is 0.507. The molecule has 0 aliphatic carbocycles. The Morgan fingerprint density at radius 3 is 2.56 bits per heavy atom. The Bertz CT molecular complexity index is 1200. The van der Waals surface area contributed by atoms with E-state index in [9.17, 15) is 9.59 Å². The van der Waals surface area contributed by atoms with Gasteiger partial charge in [-0.05, 0) is 48.0 Å². The van der Waals surface area contributed by atoms with E-state index in [-0.39, 0.29) is 5.91 Å². The fraction of sp³-hybridized carbons (Fsp3) is 0. The highest BCUT2D eigenvalue weighted by Crippen LogP contribution is 2.29. The lowest BCUT2D eigenvalue weighted by atomic mass is 10.1. The molecule has 0 fully saturated rings. The van der Waals surface area contributed by atoms with Crippen LogP contribution in [-0.4, -0.2) is 17.0 Å². The molecule has 0 spiro atoms. The van der Waals surface area contributed by atoms with E-state index in [2.05, 4.69) is 5.32 Å². The molecule has 1 heterocycles. The average Bonchev–Trinajstić information content (AvgIpc) is 3.04. The van der Waals surface area contributed by atoms with Crippen LogP contribution in [0.5, 0.6) is 0 Å². The number of para-hydroxylation sites is 1. The summed E-state index contributed by atoms with van der Waals surface area (Å²) in [4.78, 5) is 23.3. The predicted octanol–water partition coefficient (Wildman–Crippen LogP) is 4.94. The molecule has 0 saturated heterocycles. The van der Waals surface area contributed by atoms with Crippen molar-refractivity contribution >= 4 is 45.6 Å². The Balaban J connectivity index is 1.62. The van der Waals surface area contributed by atoms with Crippen LogP contribution in [0.1, 0.15) is 15.9 Å². The van der Waals surface area contributed by atoms with Crippen LogP contribution in [0.4, 0.5) is 5.69 Å². The molecule has 27 heavy (non-hydrogen) atoms. The van der Waals surface area contributed by atoms with Gasteiger partial charge in [0.1, 0.15) is 11.2 Å². The van der Waals surface area contributed by atoms with Gasteiger partial charge in [-0.3, -0.25) is 4.79 Å². The van der Waals surface area contributed by atoms with E-state index < -0.39 is 5.97 Å². The summed E-state index contributed by atoms with van der Waals surface area (Å²) >= 11 is 0. The van der Waals surface area contributed by atoms with Crippen molar-refractivity contribution in [3.63, 3.8) is 0 Å². The van der Waals surface area contributed by atoms with Gasteiger partial charge in [-0.25, -0.2) is 4.79 Å². The van der Waals surface area contributed by atoms with Crippen molar-refractivity contribution in [1.29, 1.82) is 0 Å². The second-order valence-electron chi connectivity index (χ2n) is 6.06. The van der Waals surface area contributed by atoms with Gasteiger partial charge >= 0.3 is 5.97 Å². The lowest BCUT2D eigenvalue weighted by Crippen LogP contribution is -2.11. The van der Waals surface area contributed by atoms with Gasteiger partial charge < -0.3 is 14.8 Å². The maximum absolute atomic E-state index is 12.6. The highest BCUT2D eigenvalue weighted by molar-refractivity contribution is 6.11. The fourth-order valence-corrected chi connectivity index (χ4v) is 2.96. The number of benzene rings is 3. The predicted molar refractivity (Wildman–Crippen MR) is 105 cm³/mol. The first-order chi connectivity index (χ1) is 13.1. The maximum Gasteiger partial charge on any atom is 0.328 e. The van der Waals surface area contributed by atoms with Crippen molar-refractivity contribution < 1.29 is 19.1 Å². The van der Waals surface area contributed by atoms with Crippen LogP contribution in [0.25, 0.3) is 28.0 Å². The fourth-order valence-electron chi connectivity index (χ4n) is 2.96. The zero-order valence-corrected chi connectivity index (χ0v) is 14.2. The zero-order valence-electron chi connectivity index (χ0n) is 14.2. The van der Waals surface area contributed by atoms with Crippen molar-refractivity contribution in [1.82, 2.24) is 0 Å². The number of carboxylic acid groups (broad SMARTS) is 1. The first-order valence-corrected chi connectivity index (χ1v) is 8.34. The third-order valence-electron chi connectivity index (χ3n) is 4.20. The van der Waals surface area contributed by atoms with Crippen LogP contribution in [0.3, 0.4) is 0 Å². The lowest BCUT2D eigenvalue weighted by Gasteiger charge is -2.06. The highest BCUT2D eigenvalue weighted by Gasteiger charge is 2.11. The number of hydrogen-bond acceptors (Lipinski definition) is 3. The van der Waals surface area contributed by atoms with Crippen LogP contribution in [0, 0.1) is 0 Å². The van der Waals surface area contributed by atoms with Crippen molar-refractivity contribution in [2.45, 2.75) is 0 Å². The third kappa shape index (κ3) is 3.43. The summed E-state index contributed by atoms with van der Waals surface area (Å²) in [6.07, 6.45) is 2.53. The Labute approximate surface area is 154 Å². The second-order valence-corrected chi connectivity index (χ2v) is 6.06. The minimum atomic E-state index is -1.02. The molecule has 0 aliphatic rings. The number of fused-ring (bicyclic) bond motifs is 3. The van der Waals surface area contributed by atoms with E-state index >= 15 is 0 Å². The Morgan fingerprint density at radius 1 is 0.889 bits per heavy atom. The van der Waals surface area contributed by atoms with Crippen molar-refractivity contribution in [3.05, 3.63) is 83.9 Å². The number of amides is 1. The topological polar surface area (TPSA) is 79.5 Å². The van der Waals surface area contributed by atoms with Gasteiger partial charge in [0, 0.05) is 28.1 Å². The lowest BCUT2D eigenvalue weighted by molar-refractivity contribution is -0.131. The smallest absolute Gasteiger partial charge is 0.328 e. The molecule has 0 saturated carbocycles. The molecule has 5 heteroatoms. The van der Waals surface area contributed by atoms with Gasteiger partial charge in [0.25, 0.3) is 5.91 Å². The minimum absolute atomic E-state index is 0.249. The minimum Gasteiger partial charge on any atom is -0.478 e. The number of anilines is 1. The monoisotopic (exact) mass is 357 g/mol. The number of carbonyl (C=O) groups excluding carboxylic acids is 1. The second kappa shape index (κ2) is 6.80. The molecule has 4 rings (SSSR count). The molecule has 5 nitrogen and oxygen atoms in total. The molecular weight excluding hydrogens is 342 g/mol. The Morgan fingerprint density at radius 2 is 1.70 bits per heavy atom. The number of carbonyl (C=O) groups is 2. The molecule has 0 bridgehead atoms. The van der Waals surface area contributed by atoms with Gasteiger partial charge in [0.15, 0.2) is 0 Å². The summed E-state index contributed by atoms with van der Waals surface area (Å²) in [6, 6.07) is 20.0. The number of hydrogen-bond donors (Lipinski definition) is 2. The number of rotatable bonds is 4. The molecule has 0 atom stereocenters. The van der Waals surface area contributed by atoms with Gasteiger partial charge in [0.2, 0.25) is 0 Å². The van der Waals surface area contributed by atoms with E-state index in [1.165, 1.54) is 6.08 Å². The van der Waals surface area contributed by atoms with E-state index in [1.54, 1.807) is 36.4 Å². The molecule has 0 radical (unpaired) electrons. The molecule has 1 aromatic heterocycles. The Hall–Kier alpha value is -3.86. The van der Waals surface area contributed by atoms with E-state index in [4.69, 9.17) is 9.52 Å². The molecule has 4 aromatic rings. The standard InChI is InChI=1S/C22H15NO4/c24-21(25)11-8-14-4-3-5-16(12-14)23-22(26)15-9-10-20-18(13-15)17-6-1-2-7-19(17)27-20/h1-13H,(H,23,26)(H,24,25)/b11-8+. The van der Waals surface area contributed by atoms with Gasteiger partial charge in [-0.15, -0.1) is 0 Å². The molecule has 3 aromatic carbocycles. The summed E-state index contributed by atoms with van der Waals surface area (Å²) in [7, 11) is 0. The molecule has 1 amide bonds. The maximum atomic E-state index is 12.6. The average molecular weight is 357 g/mol. The summed E-state index contributed by atoms with van der Waals surface area (Å²) < 4.78 is 5.78. The first kappa shape index (κ1) is 16.6. The van der Waals surface area contributed by atoms with Crippen LogP contribution < -0.4 is 5.32 Å². The van der Waals surface area contributed by atoms with Gasteiger partial charge in [-0.2, -0.15) is 0 Å². The van der Waals surface area contributed by atoms with Gasteiger partial charge in [0.05, 0.1) is 0 Å². The van der Waals surface area contributed by atoms with Crippen LogP contribution >= 0.6 is 0 Å². The number of aliphatic carboxylic acids is 1. The van der Waals surface area contributed by atoms with Crippen molar-refractivity contribution in [2.24, 2.45) is 0 Å². The summed E-state index contributed by atoms with van der Waals surface area (Å²) in [6.45, 7) is 0. The summed E-state index contributed by atoms with van der Waals surface area (Å²) in [5.41, 5.74) is 3.30. The number of furan rings is 1. The van der Waals surface area contributed by atoms with E-state index in [0.29, 0.717) is 16.8 Å². The summed E-state index contributed by atoms with van der Waals surface area (Å²) in [5.74, 6) is -1.27.